The van der Waals surface area contributed by atoms with E-state index in [0.717, 1.165) is 25.0 Å². The minimum atomic E-state index is -0.867. The third kappa shape index (κ3) is 3.01. The van der Waals surface area contributed by atoms with Gasteiger partial charge in [0.2, 0.25) is 0 Å². The van der Waals surface area contributed by atoms with Crippen molar-refractivity contribution in [2.75, 3.05) is 6.61 Å². The molecule has 0 aromatic heterocycles. The van der Waals surface area contributed by atoms with Crippen LogP contribution >= 0.6 is 0 Å². The number of nitrogens with one attached hydrogen (secondary N) is 1. The van der Waals surface area contributed by atoms with E-state index in [4.69, 9.17) is 0 Å². The number of hydrogen-bond acceptors (Lipinski definition) is 2. The van der Waals surface area contributed by atoms with Crippen molar-refractivity contribution in [3.05, 3.63) is 35.4 Å². The summed E-state index contributed by atoms with van der Waals surface area (Å²) in [5.74, 6) is -1.72. The standard InChI is InChI=1S/C13H17F2NO/c14-11-6-5-9(7-12(11)15)13(8-17)16-10-3-1-2-4-10/h5-7,10,13,16-17H,1-4,8H2. The fraction of sp³-hybridized carbons (Fsp3) is 0.538. The van der Waals surface area contributed by atoms with Gasteiger partial charge in [-0.15, -0.1) is 0 Å². The molecule has 0 amide bonds. The molecule has 0 spiro atoms. The molecule has 0 radical (unpaired) electrons. The maximum Gasteiger partial charge on any atom is 0.159 e. The van der Waals surface area contributed by atoms with Gasteiger partial charge in [0.15, 0.2) is 11.6 Å². The number of halogens is 2. The van der Waals surface area contributed by atoms with Crippen LogP contribution in [0.25, 0.3) is 0 Å². The molecule has 0 heterocycles. The number of benzene rings is 1. The molecule has 1 aliphatic carbocycles. The first-order chi connectivity index (χ1) is 8.20. The van der Waals surface area contributed by atoms with Gasteiger partial charge in [0, 0.05) is 6.04 Å². The van der Waals surface area contributed by atoms with E-state index in [-0.39, 0.29) is 12.6 Å². The molecule has 1 saturated carbocycles. The van der Waals surface area contributed by atoms with Crippen molar-refractivity contribution in [2.45, 2.75) is 37.8 Å². The van der Waals surface area contributed by atoms with Gasteiger partial charge >= 0.3 is 0 Å². The molecule has 1 fully saturated rings. The van der Waals surface area contributed by atoms with Gasteiger partial charge in [0.1, 0.15) is 0 Å². The van der Waals surface area contributed by atoms with Crippen LogP contribution in [0.15, 0.2) is 18.2 Å². The number of hydrogen-bond donors (Lipinski definition) is 2. The van der Waals surface area contributed by atoms with Crippen LogP contribution < -0.4 is 5.32 Å². The Morgan fingerprint density at radius 1 is 1.24 bits per heavy atom. The minimum absolute atomic E-state index is 0.110. The summed E-state index contributed by atoms with van der Waals surface area (Å²) < 4.78 is 25.9. The second-order valence-electron chi connectivity index (χ2n) is 4.56. The van der Waals surface area contributed by atoms with Crippen molar-refractivity contribution >= 4 is 0 Å². The lowest BCUT2D eigenvalue weighted by molar-refractivity contribution is 0.232. The van der Waals surface area contributed by atoms with E-state index in [1.165, 1.54) is 18.9 Å². The van der Waals surface area contributed by atoms with Crippen molar-refractivity contribution in [3.8, 4) is 0 Å². The molecule has 17 heavy (non-hydrogen) atoms. The van der Waals surface area contributed by atoms with Crippen molar-refractivity contribution in [1.82, 2.24) is 5.32 Å². The third-order valence-corrected chi connectivity index (χ3v) is 3.32. The third-order valence-electron chi connectivity index (χ3n) is 3.32. The highest BCUT2D eigenvalue weighted by Gasteiger charge is 2.20. The maximum atomic E-state index is 13.1. The molecule has 0 aliphatic heterocycles. The lowest BCUT2D eigenvalue weighted by Crippen LogP contribution is -2.32. The highest BCUT2D eigenvalue weighted by Crippen LogP contribution is 2.22. The van der Waals surface area contributed by atoms with Crippen LogP contribution in [0.2, 0.25) is 0 Å². The summed E-state index contributed by atoms with van der Waals surface area (Å²) in [6.07, 6.45) is 4.54. The van der Waals surface area contributed by atoms with Crippen LogP contribution in [0, 0.1) is 11.6 Å². The van der Waals surface area contributed by atoms with Gasteiger partial charge in [-0.2, -0.15) is 0 Å². The zero-order chi connectivity index (χ0) is 12.3. The first-order valence-electron chi connectivity index (χ1n) is 6.02. The summed E-state index contributed by atoms with van der Waals surface area (Å²) in [7, 11) is 0. The molecule has 2 N–H and O–H groups in total. The Morgan fingerprint density at radius 3 is 2.53 bits per heavy atom. The van der Waals surface area contributed by atoms with Gasteiger partial charge in [-0.25, -0.2) is 8.78 Å². The summed E-state index contributed by atoms with van der Waals surface area (Å²) in [6, 6.07) is 3.83. The van der Waals surface area contributed by atoms with Crippen molar-refractivity contribution in [1.29, 1.82) is 0 Å². The topological polar surface area (TPSA) is 32.3 Å². The van der Waals surface area contributed by atoms with Gasteiger partial charge < -0.3 is 10.4 Å². The summed E-state index contributed by atoms with van der Waals surface area (Å²) in [6.45, 7) is -0.110. The Labute approximate surface area is 99.7 Å². The normalized spacial score (nSPS) is 18.5. The van der Waals surface area contributed by atoms with E-state index in [2.05, 4.69) is 5.32 Å². The molecule has 0 bridgehead atoms. The van der Waals surface area contributed by atoms with E-state index in [1.807, 2.05) is 0 Å². The summed E-state index contributed by atoms with van der Waals surface area (Å²) >= 11 is 0. The molecular weight excluding hydrogens is 224 g/mol. The molecule has 1 aromatic rings. The Bertz CT molecular complexity index is 378. The Hall–Kier alpha value is -1.00. The molecule has 2 rings (SSSR count). The van der Waals surface area contributed by atoms with E-state index in [1.54, 1.807) is 0 Å². The molecule has 2 nitrogen and oxygen atoms in total. The average molecular weight is 241 g/mol. The Morgan fingerprint density at radius 2 is 1.94 bits per heavy atom. The lowest BCUT2D eigenvalue weighted by Gasteiger charge is -2.21. The second-order valence-corrected chi connectivity index (χ2v) is 4.56. The molecule has 94 valence electrons. The Kier molecular flexibility index (Phi) is 4.07. The average Bonchev–Trinajstić information content (AvgIpc) is 2.82. The van der Waals surface area contributed by atoms with Crippen LogP contribution in [0.1, 0.15) is 37.3 Å². The van der Waals surface area contributed by atoms with Crippen molar-refractivity contribution in [3.63, 3.8) is 0 Å². The highest BCUT2D eigenvalue weighted by molar-refractivity contribution is 5.21. The van der Waals surface area contributed by atoms with Crippen molar-refractivity contribution < 1.29 is 13.9 Å². The second kappa shape index (κ2) is 5.56. The van der Waals surface area contributed by atoms with Crippen LogP contribution in [0.5, 0.6) is 0 Å². The summed E-state index contributed by atoms with van der Waals surface area (Å²) in [5.41, 5.74) is 0.596. The van der Waals surface area contributed by atoms with Crippen LogP contribution in [-0.4, -0.2) is 17.8 Å². The monoisotopic (exact) mass is 241 g/mol. The van der Waals surface area contributed by atoms with E-state index < -0.39 is 11.6 Å². The smallest absolute Gasteiger partial charge is 0.159 e. The molecule has 1 atom stereocenters. The zero-order valence-electron chi connectivity index (χ0n) is 9.63. The van der Waals surface area contributed by atoms with Gasteiger partial charge in [0.05, 0.1) is 12.6 Å². The molecule has 1 aromatic carbocycles. The largest absolute Gasteiger partial charge is 0.394 e. The predicted molar refractivity (Wildman–Crippen MR) is 61.6 cm³/mol. The fourth-order valence-electron chi connectivity index (χ4n) is 2.36. The van der Waals surface area contributed by atoms with Crippen LogP contribution in [0.3, 0.4) is 0 Å². The maximum absolute atomic E-state index is 13.1. The molecular formula is C13H17F2NO. The van der Waals surface area contributed by atoms with Crippen LogP contribution in [0.4, 0.5) is 8.78 Å². The predicted octanol–water partition coefficient (Wildman–Crippen LogP) is 2.53. The number of rotatable bonds is 4. The SMILES string of the molecule is OCC(NC1CCCC1)c1ccc(F)c(F)c1. The minimum Gasteiger partial charge on any atom is -0.394 e. The van der Waals surface area contributed by atoms with E-state index >= 15 is 0 Å². The van der Waals surface area contributed by atoms with Crippen molar-refractivity contribution in [2.24, 2.45) is 0 Å². The van der Waals surface area contributed by atoms with E-state index in [9.17, 15) is 13.9 Å². The number of aliphatic hydroxyl groups excluding tert-OH is 1. The van der Waals surface area contributed by atoms with Gasteiger partial charge in [0.25, 0.3) is 0 Å². The fourth-order valence-corrected chi connectivity index (χ4v) is 2.36. The number of aliphatic hydroxyl groups is 1. The summed E-state index contributed by atoms with van der Waals surface area (Å²) in [5, 5.41) is 12.6. The zero-order valence-corrected chi connectivity index (χ0v) is 9.63. The Balaban J connectivity index is 2.08. The van der Waals surface area contributed by atoms with E-state index in [0.29, 0.717) is 11.6 Å². The summed E-state index contributed by atoms with van der Waals surface area (Å²) in [4.78, 5) is 0. The quantitative estimate of drug-likeness (QED) is 0.849. The van der Waals surface area contributed by atoms with Crippen LogP contribution in [-0.2, 0) is 0 Å². The van der Waals surface area contributed by atoms with Gasteiger partial charge in [-0.3, -0.25) is 0 Å². The lowest BCUT2D eigenvalue weighted by atomic mass is 10.1. The van der Waals surface area contributed by atoms with Gasteiger partial charge in [-0.05, 0) is 30.5 Å². The first-order valence-corrected chi connectivity index (χ1v) is 6.02. The molecule has 1 unspecified atom stereocenters. The highest BCUT2D eigenvalue weighted by atomic mass is 19.2. The van der Waals surface area contributed by atoms with Gasteiger partial charge in [-0.1, -0.05) is 18.9 Å². The molecule has 4 heteroatoms. The molecule has 0 saturated heterocycles. The molecule has 1 aliphatic rings. The first kappa shape index (κ1) is 12.5.